The van der Waals surface area contributed by atoms with Gasteiger partial charge in [-0.1, -0.05) is 27.5 Å². The molecule has 1 unspecified atom stereocenters. The Morgan fingerprint density at radius 2 is 2.06 bits per heavy atom. The van der Waals surface area contributed by atoms with Crippen LogP contribution in [0, 0.1) is 0 Å². The third-order valence-electron chi connectivity index (χ3n) is 2.34. The number of rotatable bonds is 3. The van der Waals surface area contributed by atoms with Crippen LogP contribution in [0.4, 0.5) is 5.69 Å². The highest BCUT2D eigenvalue weighted by Crippen LogP contribution is 2.33. The summed E-state index contributed by atoms with van der Waals surface area (Å²) in [6.07, 6.45) is 0. The van der Waals surface area contributed by atoms with E-state index in [1.165, 1.54) is 4.88 Å². The van der Waals surface area contributed by atoms with Gasteiger partial charge in [-0.25, -0.2) is 0 Å². The molecule has 2 rings (SSSR count). The van der Waals surface area contributed by atoms with Gasteiger partial charge in [0.15, 0.2) is 0 Å². The Balaban J connectivity index is 2.19. The number of anilines is 1. The van der Waals surface area contributed by atoms with E-state index < -0.39 is 0 Å². The van der Waals surface area contributed by atoms with Crippen molar-refractivity contribution in [2.75, 3.05) is 5.32 Å². The normalized spacial score (nSPS) is 12.5. The van der Waals surface area contributed by atoms with E-state index in [0.717, 1.165) is 19.7 Å². The van der Waals surface area contributed by atoms with Crippen LogP contribution in [0.1, 0.15) is 17.8 Å². The standard InChI is InChI=1S/C12H10Br2ClNS/c1-7(12-9(14)4-5-17-12)16-11-3-2-8(13)6-10(11)15/h2-7,16H,1H3. The minimum absolute atomic E-state index is 0.225. The van der Waals surface area contributed by atoms with Gasteiger partial charge >= 0.3 is 0 Å². The van der Waals surface area contributed by atoms with E-state index in [9.17, 15) is 0 Å². The highest BCUT2D eigenvalue weighted by Gasteiger charge is 2.12. The van der Waals surface area contributed by atoms with Crippen LogP contribution in [0.15, 0.2) is 38.6 Å². The van der Waals surface area contributed by atoms with Gasteiger partial charge in [-0.05, 0) is 52.5 Å². The summed E-state index contributed by atoms with van der Waals surface area (Å²) >= 11 is 14.8. The molecule has 17 heavy (non-hydrogen) atoms. The van der Waals surface area contributed by atoms with Crippen LogP contribution in [-0.2, 0) is 0 Å². The molecule has 0 amide bonds. The minimum Gasteiger partial charge on any atom is -0.376 e. The zero-order chi connectivity index (χ0) is 12.4. The Bertz CT molecular complexity index is 527. The zero-order valence-corrected chi connectivity index (χ0v) is 13.8. The van der Waals surface area contributed by atoms with Gasteiger partial charge in [0.05, 0.1) is 16.8 Å². The van der Waals surface area contributed by atoms with Crippen LogP contribution in [0.2, 0.25) is 5.02 Å². The van der Waals surface area contributed by atoms with Crippen LogP contribution in [0.25, 0.3) is 0 Å². The van der Waals surface area contributed by atoms with Gasteiger partial charge < -0.3 is 5.32 Å². The maximum absolute atomic E-state index is 6.17. The lowest BCUT2D eigenvalue weighted by Crippen LogP contribution is -2.05. The van der Waals surface area contributed by atoms with Crippen LogP contribution >= 0.6 is 54.8 Å². The monoisotopic (exact) mass is 393 g/mol. The summed E-state index contributed by atoms with van der Waals surface area (Å²) in [4.78, 5) is 1.27. The van der Waals surface area contributed by atoms with E-state index in [1.54, 1.807) is 11.3 Å². The van der Waals surface area contributed by atoms with E-state index in [-0.39, 0.29) is 6.04 Å². The Morgan fingerprint density at radius 1 is 1.29 bits per heavy atom. The molecule has 1 N–H and O–H groups in total. The molecule has 5 heteroatoms. The van der Waals surface area contributed by atoms with Gasteiger partial charge in [0, 0.05) is 13.8 Å². The largest absolute Gasteiger partial charge is 0.376 e. The molecule has 1 atom stereocenters. The number of nitrogens with one attached hydrogen (secondary N) is 1. The molecule has 0 fully saturated rings. The smallest absolute Gasteiger partial charge is 0.0648 e. The average Bonchev–Trinajstić information content (AvgIpc) is 2.68. The first-order valence-electron chi connectivity index (χ1n) is 5.02. The fourth-order valence-corrected chi connectivity index (χ4v) is 3.97. The summed E-state index contributed by atoms with van der Waals surface area (Å²) in [7, 11) is 0. The molecule has 0 saturated carbocycles. The van der Waals surface area contributed by atoms with Crippen molar-refractivity contribution < 1.29 is 0 Å². The van der Waals surface area contributed by atoms with Gasteiger partial charge in [-0.2, -0.15) is 0 Å². The van der Waals surface area contributed by atoms with Crippen LogP contribution < -0.4 is 5.32 Å². The van der Waals surface area contributed by atoms with E-state index in [1.807, 2.05) is 18.2 Å². The Kier molecular flexibility index (Phi) is 4.53. The second-order valence-corrected chi connectivity index (χ2v) is 6.75. The molecule has 0 spiro atoms. The number of halogens is 3. The fraction of sp³-hybridized carbons (Fsp3) is 0.167. The summed E-state index contributed by atoms with van der Waals surface area (Å²) in [5.74, 6) is 0. The van der Waals surface area contributed by atoms with Crippen molar-refractivity contribution in [3.8, 4) is 0 Å². The summed E-state index contributed by atoms with van der Waals surface area (Å²) in [5.41, 5.74) is 0.947. The van der Waals surface area contributed by atoms with Crippen molar-refractivity contribution in [2.24, 2.45) is 0 Å². The fourth-order valence-electron chi connectivity index (χ4n) is 1.52. The van der Waals surface area contributed by atoms with Crippen molar-refractivity contribution >= 4 is 60.5 Å². The quantitative estimate of drug-likeness (QED) is 0.662. The van der Waals surface area contributed by atoms with Gasteiger partial charge in [-0.15, -0.1) is 11.3 Å². The maximum atomic E-state index is 6.17. The second kappa shape index (κ2) is 5.74. The molecule has 0 aliphatic heterocycles. The van der Waals surface area contributed by atoms with Crippen molar-refractivity contribution in [3.63, 3.8) is 0 Å². The molecule has 1 nitrogen and oxygen atoms in total. The van der Waals surface area contributed by atoms with Gasteiger partial charge in [0.2, 0.25) is 0 Å². The SMILES string of the molecule is CC(Nc1ccc(Br)cc1Cl)c1sccc1Br. The second-order valence-electron chi connectivity index (χ2n) is 3.62. The third-order valence-corrected chi connectivity index (χ3v) is 5.20. The first kappa shape index (κ1) is 13.4. The summed E-state index contributed by atoms with van der Waals surface area (Å²) < 4.78 is 2.12. The lowest BCUT2D eigenvalue weighted by Gasteiger charge is -2.15. The number of hydrogen-bond donors (Lipinski definition) is 1. The van der Waals surface area contributed by atoms with E-state index in [4.69, 9.17) is 11.6 Å². The molecule has 0 bridgehead atoms. The van der Waals surface area contributed by atoms with E-state index in [2.05, 4.69) is 55.5 Å². The molecule has 2 aromatic rings. The van der Waals surface area contributed by atoms with Gasteiger partial charge in [0.25, 0.3) is 0 Å². The van der Waals surface area contributed by atoms with Gasteiger partial charge in [-0.3, -0.25) is 0 Å². The Hall–Kier alpha value is -0.0300. The number of hydrogen-bond acceptors (Lipinski definition) is 2. The molecule has 0 aliphatic rings. The lowest BCUT2D eigenvalue weighted by atomic mass is 10.2. The molecule has 0 radical (unpaired) electrons. The Labute approximate surface area is 126 Å². The molecule has 90 valence electrons. The summed E-state index contributed by atoms with van der Waals surface area (Å²) in [5, 5.41) is 6.20. The molecule has 1 heterocycles. The van der Waals surface area contributed by atoms with Crippen LogP contribution in [-0.4, -0.2) is 0 Å². The zero-order valence-electron chi connectivity index (χ0n) is 9.01. The molecule has 0 aliphatic carbocycles. The summed E-state index contributed by atoms with van der Waals surface area (Å²) in [6.45, 7) is 2.12. The molecule has 1 aromatic heterocycles. The molecular formula is C12H10Br2ClNS. The molecule has 0 saturated heterocycles. The maximum Gasteiger partial charge on any atom is 0.0648 e. The first-order valence-corrected chi connectivity index (χ1v) is 7.87. The highest BCUT2D eigenvalue weighted by molar-refractivity contribution is 9.10. The minimum atomic E-state index is 0.225. The van der Waals surface area contributed by atoms with Crippen molar-refractivity contribution in [1.29, 1.82) is 0 Å². The number of thiophene rings is 1. The van der Waals surface area contributed by atoms with Crippen LogP contribution in [0.3, 0.4) is 0 Å². The van der Waals surface area contributed by atoms with E-state index in [0.29, 0.717) is 0 Å². The van der Waals surface area contributed by atoms with Gasteiger partial charge in [0.1, 0.15) is 0 Å². The predicted molar refractivity (Wildman–Crippen MR) is 83.2 cm³/mol. The van der Waals surface area contributed by atoms with E-state index >= 15 is 0 Å². The Morgan fingerprint density at radius 3 is 2.65 bits per heavy atom. The first-order chi connectivity index (χ1) is 8.08. The topological polar surface area (TPSA) is 12.0 Å². The number of benzene rings is 1. The summed E-state index contributed by atoms with van der Waals surface area (Å²) in [6, 6.07) is 8.12. The predicted octanol–water partition coefficient (Wildman–Crippen LogP) is 6.10. The lowest BCUT2D eigenvalue weighted by molar-refractivity contribution is 0.903. The third kappa shape index (κ3) is 3.25. The van der Waals surface area contributed by atoms with Crippen molar-refractivity contribution in [2.45, 2.75) is 13.0 Å². The molecule has 1 aromatic carbocycles. The average molecular weight is 396 g/mol. The van der Waals surface area contributed by atoms with Crippen molar-refractivity contribution in [1.82, 2.24) is 0 Å². The van der Waals surface area contributed by atoms with Crippen molar-refractivity contribution in [3.05, 3.63) is 48.5 Å². The molecular weight excluding hydrogens is 385 g/mol. The highest BCUT2D eigenvalue weighted by atomic mass is 79.9. The van der Waals surface area contributed by atoms with Crippen LogP contribution in [0.5, 0.6) is 0 Å².